The molecular formula is C16H23N5. The molecular weight excluding hydrogens is 262 g/mol. The largest absolute Gasteiger partial charge is 0.356 e. The molecule has 21 heavy (non-hydrogen) atoms. The van der Waals surface area contributed by atoms with Crippen molar-refractivity contribution in [1.29, 1.82) is 0 Å². The second-order valence-electron chi connectivity index (χ2n) is 4.78. The van der Waals surface area contributed by atoms with Crippen LogP contribution in [0.1, 0.15) is 12.0 Å². The summed E-state index contributed by atoms with van der Waals surface area (Å²) in [5, 5.41) is 10.8. The van der Waals surface area contributed by atoms with Gasteiger partial charge in [-0.05, 0) is 24.5 Å². The number of guanidine groups is 1. The maximum absolute atomic E-state index is 4.23. The van der Waals surface area contributed by atoms with Crippen molar-refractivity contribution in [1.82, 2.24) is 20.4 Å². The Hall–Kier alpha value is -2.30. The third-order valence-corrected chi connectivity index (χ3v) is 3.19. The van der Waals surface area contributed by atoms with Gasteiger partial charge in [-0.25, -0.2) is 0 Å². The number of aliphatic imine (C=N–C) groups is 1. The summed E-state index contributed by atoms with van der Waals surface area (Å²) in [7, 11) is 1.80. The van der Waals surface area contributed by atoms with Crippen LogP contribution < -0.4 is 10.6 Å². The molecule has 2 rings (SSSR count). The molecule has 2 aromatic rings. The van der Waals surface area contributed by atoms with E-state index >= 15 is 0 Å². The van der Waals surface area contributed by atoms with Crippen LogP contribution in [0.15, 0.2) is 53.8 Å². The molecule has 5 heteroatoms. The van der Waals surface area contributed by atoms with Crippen molar-refractivity contribution in [2.24, 2.45) is 4.99 Å². The van der Waals surface area contributed by atoms with Gasteiger partial charge >= 0.3 is 0 Å². The smallest absolute Gasteiger partial charge is 0.190 e. The third kappa shape index (κ3) is 5.69. The number of aromatic nitrogens is 2. The maximum atomic E-state index is 4.23. The highest BCUT2D eigenvalue weighted by atomic mass is 15.3. The predicted octanol–water partition coefficient (Wildman–Crippen LogP) is 1.68. The first-order valence-electron chi connectivity index (χ1n) is 7.34. The van der Waals surface area contributed by atoms with Crippen molar-refractivity contribution in [2.75, 3.05) is 20.1 Å². The minimum Gasteiger partial charge on any atom is -0.356 e. The zero-order chi connectivity index (χ0) is 14.8. The van der Waals surface area contributed by atoms with Crippen LogP contribution in [0, 0.1) is 0 Å². The minimum atomic E-state index is 0.853. The van der Waals surface area contributed by atoms with E-state index in [1.807, 2.05) is 23.0 Å². The average molecular weight is 285 g/mol. The van der Waals surface area contributed by atoms with Gasteiger partial charge in [0.2, 0.25) is 0 Å². The Morgan fingerprint density at radius 3 is 2.67 bits per heavy atom. The van der Waals surface area contributed by atoms with E-state index in [0.29, 0.717) is 0 Å². The Kier molecular flexibility index (Phi) is 6.32. The SMILES string of the molecule is CN=C(NCCCn1cccn1)NCCc1ccccc1. The van der Waals surface area contributed by atoms with Crippen molar-refractivity contribution in [3.63, 3.8) is 0 Å². The van der Waals surface area contributed by atoms with Gasteiger partial charge < -0.3 is 10.6 Å². The van der Waals surface area contributed by atoms with Gasteiger partial charge in [0.15, 0.2) is 5.96 Å². The number of nitrogens with one attached hydrogen (secondary N) is 2. The van der Waals surface area contributed by atoms with E-state index in [9.17, 15) is 0 Å². The second kappa shape index (κ2) is 8.79. The quantitative estimate of drug-likeness (QED) is 0.462. The Morgan fingerprint density at radius 2 is 1.95 bits per heavy atom. The molecule has 112 valence electrons. The summed E-state index contributed by atoms with van der Waals surface area (Å²) in [6.07, 6.45) is 5.79. The summed E-state index contributed by atoms with van der Waals surface area (Å²) in [6.45, 7) is 2.68. The summed E-state index contributed by atoms with van der Waals surface area (Å²) in [5.41, 5.74) is 1.33. The molecule has 5 nitrogen and oxygen atoms in total. The van der Waals surface area contributed by atoms with Crippen LogP contribution in [0.5, 0.6) is 0 Å². The molecule has 1 aromatic carbocycles. The van der Waals surface area contributed by atoms with Gasteiger partial charge in [0, 0.05) is 39.1 Å². The number of rotatable bonds is 7. The number of hydrogen-bond acceptors (Lipinski definition) is 2. The van der Waals surface area contributed by atoms with Crippen molar-refractivity contribution < 1.29 is 0 Å². The van der Waals surface area contributed by atoms with Gasteiger partial charge in [0.05, 0.1) is 0 Å². The first-order valence-corrected chi connectivity index (χ1v) is 7.34. The zero-order valence-electron chi connectivity index (χ0n) is 12.5. The van der Waals surface area contributed by atoms with Crippen LogP contribution in [-0.2, 0) is 13.0 Å². The van der Waals surface area contributed by atoms with Crippen LogP contribution in [0.2, 0.25) is 0 Å². The van der Waals surface area contributed by atoms with E-state index in [1.165, 1.54) is 5.56 Å². The Morgan fingerprint density at radius 1 is 1.14 bits per heavy atom. The fourth-order valence-electron chi connectivity index (χ4n) is 2.07. The molecule has 0 aliphatic heterocycles. The van der Waals surface area contributed by atoms with Crippen LogP contribution in [0.3, 0.4) is 0 Å². The summed E-state index contributed by atoms with van der Waals surface area (Å²) in [4.78, 5) is 4.23. The summed E-state index contributed by atoms with van der Waals surface area (Å²) in [6, 6.07) is 12.4. The molecule has 0 aliphatic rings. The van der Waals surface area contributed by atoms with Crippen LogP contribution >= 0.6 is 0 Å². The topological polar surface area (TPSA) is 54.2 Å². The lowest BCUT2D eigenvalue weighted by Crippen LogP contribution is -2.39. The number of benzene rings is 1. The molecule has 0 aliphatic carbocycles. The third-order valence-electron chi connectivity index (χ3n) is 3.19. The Labute approximate surface area is 126 Å². The second-order valence-corrected chi connectivity index (χ2v) is 4.78. The molecule has 0 radical (unpaired) electrons. The first-order chi connectivity index (χ1) is 10.4. The van der Waals surface area contributed by atoms with Crippen molar-refractivity contribution in [3.05, 3.63) is 54.4 Å². The first kappa shape index (κ1) is 15.1. The molecule has 0 spiro atoms. The van der Waals surface area contributed by atoms with E-state index < -0.39 is 0 Å². The lowest BCUT2D eigenvalue weighted by molar-refractivity contribution is 0.570. The molecule has 0 unspecified atom stereocenters. The molecule has 0 amide bonds. The molecule has 0 atom stereocenters. The van der Waals surface area contributed by atoms with E-state index in [-0.39, 0.29) is 0 Å². The lowest BCUT2D eigenvalue weighted by Gasteiger charge is -2.11. The number of nitrogens with zero attached hydrogens (tertiary/aromatic N) is 3. The molecule has 0 saturated carbocycles. The maximum Gasteiger partial charge on any atom is 0.190 e. The van der Waals surface area contributed by atoms with Crippen LogP contribution in [0.4, 0.5) is 0 Å². The highest BCUT2D eigenvalue weighted by molar-refractivity contribution is 5.79. The number of aryl methyl sites for hydroxylation is 1. The summed E-state index contributed by atoms with van der Waals surface area (Å²) in [5.74, 6) is 0.853. The normalized spacial score (nSPS) is 11.4. The monoisotopic (exact) mass is 285 g/mol. The molecule has 0 bridgehead atoms. The van der Waals surface area contributed by atoms with Crippen molar-refractivity contribution in [2.45, 2.75) is 19.4 Å². The molecule has 0 saturated heterocycles. The lowest BCUT2D eigenvalue weighted by atomic mass is 10.1. The molecule has 2 N–H and O–H groups in total. The van der Waals surface area contributed by atoms with Gasteiger partial charge in [-0.3, -0.25) is 9.67 Å². The van der Waals surface area contributed by atoms with Crippen molar-refractivity contribution >= 4 is 5.96 Å². The number of hydrogen-bond donors (Lipinski definition) is 2. The minimum absolute atomic E-state index is 0.853. The average Bonchev–Trinajstić information content (AvgIpc) is 3.04. The van der Waals surface area contributed by atoms with Gasteiger partial charge in [-0.1, -0.05) is 30.3 Å². The van der Waals surface area contributed by atoms with Gasteiger partial charge in [0.25, 0.3) is 0 Å². The van der Waals surface area contributed by atoms with Gasteiger partial charge in [0.1, 0.15) is 0 Å². The summed E-state index contributed by atoms with van der Waals surface area (Å²) < 4.78 is 1.94. The van der Waals surface area contributed by atoms with E-state index in [0.717, 1.165) is 38.4 Å². The van der Waals surface area contributed by atoms with E-state index in [1.54, 1.807) is 13.2 Å². The van der Waals surface area contributed by atoms with Crippen LogP contribution in [0.25, 0.3) is 0 Å². The molecule has 1 heterocycles. The van der Waals surface area contributed by atoms with Gasteiger partial charge in [-0.2, -0.15) is 5.10 Å². The highest BCUT2D eigenvalue weighted by Crippen LogP contribution is 1.98. The van der Waals surface area contributed by atoms with E-state index in [4.69, 9.17) is 0 Å². The van der Waals surface area contributed by atoms with Gasteiger partial charge in [-0.15, -0.1) is 0 Å². The Balaban J connectivity index is 1.60. The Bertz CT molecular complexity index is 519. The standard InChI is InChI=1S/C16H23N5/c1-17-16(18-10-5-13-21-14-6-11-20-21)19-12-9-15-7-3-2-4-8-15/h2-4,6-8,11,14H,5,9-10,12-13H2,1H3,(H2,17,18,19). The highest BCUT2D eigenvalue weighted by Gasteiger charge is 1.98. The molecule has 0 fully saturated rings. The van der Waals surface area contributed by atoms with E-state index in [2.05, 4.69) is 45.0 Å². The zero-order valence-corrected chi connectivity index (χ0v) is 12.5. The van der Waals surface area contributed by atoms with Crippen LogP contribution in [-0.4, -0.2) is 35.9 Å². The fraction of sp³-hybridized carbons (Fsp3) is 0.375. The fourth-order valence-corrected chi connectivity index (χ4v) is 2.07. The summed E-state index contributed by atoms with van der Waals surface area (Å²) >= 11 is 0. The predicted molar refractivity (Wildman–Crippen MR) is 86.4 cm³/mol. The molecule has 1 aromatic heterocycles. The van der Waals surface area contributed by atoms with Crippen molar-refractivity contribution in [3.8, 4) is 0 Å².